The summed E-state index contributed by atoms with van der Waals surface area (Å²) in [4.78, 5) is 12.3. The smallest absolute Gasteiger partial charge is 0.255 e. The molecule has 1 aromatic rings. The molecule has 0 aliphatic carbocycles. The molecular formula is C14H20N2O3. The van der Waals surface area contributed by atoms with Crippen LogP contribution in [0.1, 0.15) is 30.1 Å². The predicted molar refractivity (Wildman–Crippen MR) is 73.3 cm³/mol. The lowest BCUT2D eigenvalue weighted by Gasteiger charge is -2.23. The van der Waals surface area contributed by atoms with Gasteiger partial charge in [-0.3, -0.25) is 4.79 Å². The number of hydrogen-bond donors (Lipinski definition) is 2. The van der Waals surface area contributed by atoms with Gasteiger partial charge in [-0.05, 0) is 31.9 Å². The van der Waals surface area contributed by atoms with Crippen molar-refractivity contribution >= 4 is 11.6 Å². The molecule has 0 unspecified atom stereocenters. The number of para-hydroxylation sites is 1. The number of carbonyl (C=O) groups is 1. The summed E-state index contributed by atoms with van der Waals surface area (Å²) in [7, 11) is 0. The van der Waals surface area contributed by atoms with Crippen molar-refractivity contribution in [3.05, 3.63) is 23.8 Å². The quantitative estimate of drug-likeness (QED) is 0.810. The van der Waals surface area contributed by atoms with Crippen LogP contribution in [-0.2, 0) is 4.74 Å². The number of nitrogens with one attached hydrogen (secondary N) is 1. The van der Waals surface area contributed by atoms with E-state index in [1.165, 1.54) is 0 Å². The Labute approximate surface area is 113 Å². The number of hydrogen-bond acceptors (Lipinski definition) is 4. The van der Waals surface area contributed by atoms with Crippen molar-refractivity contribution in [2.45, 2.75) is 25.8 Å². The second-order valence-corrected chi connectivity index (χ2v) is 4.52. The molecule has 0 atom stereocenters. The zero-order valence-corrected chi connectivity index (χ0v) is 11.1. The Morgan fingerprint density at radius 3 is 2.89 bits per heavy atom. The highest BCUT2D eigenvalue weighted by atomic mass is 16.5. The van der Waals surface area contributed by atoms with Crippen LogP contribution in [0.25, 0.3) is 0 Å². The Bertz CT molecular complexity index is 442. The van der Waals surface area contributed by atoms with Crippen LogP contribution in [0.5, 0.6) is 5.75 Å². The average Bonchev–Trinajstić information content (AvgIpc) is 2.42. The zero-order valence-electron chi connectivity index (χ0n) is 11.1. The lowest BCUT2D eigenvalue weighted by molar-refractivity contribution is 0.0695. The molecule has 1 aromatic carbocycles. The molecule has 0 radical (unpaired) electrons. The van der Waals surface area contributed by atoms with Gasteiger partial charge >= 0.3 is 0 Å². The van der Waals surface area contributed by atoms with Gasteiger partial charge in [-0.25, -0.2) is 0 Å². The minimum Gasteiger partial charge on any atom is -0.491 e. The topological polar surface area (TPSA) is 73.6 Å². The molecule has 5 nitrogen and oxygen atoms in total. The molecule has 104 valence electrons. The second-order valence-electron chi connectivity index (χ2n) is 4.52. The van der Waals surface area contributed by atoms with Gasteiger partial charge in [0.1, 0.15) is 0 Å². The molecule has 1 saturated heterocycles. The zero-order chi connectivity index (χ0) is 13.7. The summed E-state index contributed by atoms with van der Waals surface area (Å²) < 4.78 is 10.7. The lowest BCUT2D eigenvalue weighted by Crippen LogP contribution is -2.39. The molecule has 0 aromatic heterocycles. The van der Waals surface area contributed by atoms with Crippen LogP contribution in [0.15, 0.2) is 18.2 Å². The van der Waals surface area contributed by atoms with Gasteiger partial charge in [-0.1, -0.05) is 6.07 Å². The third kappa shape index (κ3) is 3.38. The number of anilines is 1. The summed E-state index contributed by atoms with van der Waals surface area (Å²) in [6, 6.07) is 5.39. The van der Waals surface area contributed by atoms with Crippen LogP contribution >= 0.6 is 0 Å². The minimum absolute atomic E-state index is 0.136. The van der Waals surface area contributed by atoms with E-state index in [0.717, 1.165) is 12.8 Å². The van der Waals surface area contributed by atoms with E-state index in [-0.39, 0.29) is 11.9 Å². The van der Waals surface area contributed by atoms with E-state index in [1.54, 1.807) is 18.2 Å². The molecule has 5 heteroatoms. The monoisotopic (exact) mass is 264 g/mol. The molecule has 1 heterocycles. The first-order valence-electron chi connectivity index (χ1n) is 6.62. The number of ether oxygens (including phenoxy) is 2. The molecule has 3 N–H and O–H groups in total. The Hall–Kier alpha value is -1.75. The van der Waals surface area contributed by atoms with Gasteiger partial charge in [0.25, 0.3) is 5.91 Å². The van der Waals surface area contributed by atoms with Crippen molar-refractivity contribution < 1.29 is 14.3 Å². The summed E-state index contributed by atoms with van der Waals surface area (Å²) in [6.45, 7) is 3.73. The lowest BCUT2D eigenvalue weighted by atomic mass is 10.1. The number of benzene rings is 1. The summed E-state index contributed by atoms with van der Waals surface area (Å²) in [5.74, 6) is 0.331. The van der Waals surface area contributed by atoms with Crippen LogP contribution < -0.4 is 15.8 Å². The minimum atomic E-state index is -0.136. The van der Waals surface area contributed by atoms with E-state index in [9.17, 15) is 4.79 Å². The Morgan fingerprint density at radius 1 is 1.47 bits per heavy atom. The van der Waals surface area contributed by atoms with Crippen LogP contribution in [0.3, 0.4) is 0 Å². The Kier molecular flexibility index (Phi) is 4.63. The van der Waals surface area contributed by atoms with Gasteiger partial charge < -0.3 is 20.5 Å². The molecule has 19 heavy (non-hydrogen) atoms. The Morgan fingerprint density at radius 2 is 2.21 bits per heavy atom. The fraction of sp³-hybridized carbons (Fsp3) is 0.500. The molecule has 1 aliphatic rings. The highest BCUT2D eigenvalue weighted by Gasteiger charge is 2.20. The molecule has 1 amide bonds. The van der Waals surface area contributed by atoms with Crippen LogP contribution in [0.2, 0.25) is 0 Å². The van der Waals surface area contributed by atoms with Crippen molar-refractivity contribution in [2.24, 2.45) is 0 Å². The van der Waals surface area contributed by atoms with Crippen molar-refractivity contribution in [3.8, 4) is 5.75 Å². The van der Waals surface area contributed by atoms with E-state index >= 15 is 0 Å². The highest BCUT2D eigenvalue weighted by Crippen LogP contribution is 2.26. The second kappa shape index (κ2) is 6.43. The molecule has 1 fully saturated rings. The van der Waals surface area contributed by atoms with Crippen molar-refractivity contribution in [1.82, 2.24) is 5.32 Å². The largest absolute Gasteiger partial charge is 0.491 e. The maximum atomic E-state index is 12.3. The van der Waals surface area contributed by atoms with Crippen molar-refractivity contribution in [3.63, 3.8) is 0 Å². The summed E-state index contributed by atoms with van der Waals surface area (Å²) in [6.07, 6.45) is 1.69. The van der Waals surface area contributed by atoms with E-state index in [4.69, 9.17) is 15.2 Å². The summed E-state index contributed by atoms with van der Waals surface area (Å²) >= 11 is 0. The highest BCUT2D eigenvalue weighted by molar-refractivity contribution is 5.98. The molecule has 0 spiro atoms. The van der Waals surface area contributed by atoms with Crippen LogP contribution in [-0.4, -0.2) is 31.8 Å². The van der Waals surface area contributed by atoms with Gasteiger partial charge in [0.05, 0.1) is 17.9 Å². The van der Waals surface area contributed by atoms with Gasteiger partial charge in [-0.15, -0.1) is 0 Å². The van der Waals surface area contributed by atoms with Gasteiger partial charge in [0.2, 0.25) is 0 Å². The Balaban J connectivity index is 2.11. The number of carbonyl (C=O) groups excluding carboxylic acids is 1. The first-order chi connectivity index (χ1) is 9.22. The third-order valence-electron chi connectivity index (χ3n) is 3.14. The third-order valence-corrected chi connectivity index (χ3v) is 3.14. The average molecular weight is 264 g/mol. The van der Waals surface area contributed by atoms with E-state index in [2.05, 4.69) is 5.32 Å². The molecule has 2 rings (SSSR count). The maximum Gasteiger partial charge on any atom is 0.255 e. The number of rotatable bonds is 4. The number of amides is 1. The standard InChI is InChI=1S/C14H20N2O3/c1-2-19-13-11(4-3-5-12(13)15)14(17)16-10-6-8-18-9-7-10/h3-5,10H,2,6-9,15H2,1H3,(H,16,17). The SMILES string of the molecule is CCOc1c(N)cccc1C(=O)NC1CCOCC1. The fourth-order valence-corrected chi connectivity index (χ4v) is 2.14. The maximum absolute atomic E-state index is 12.3. The first-order valence-corrected chi connectivity index (χ1v) is 6.62. The molecule has 0 saturated carbocycles. The van der Waals surface area contributed by atoms with Gasteiger partial charge in [0.15, 0.2) is 5.75 Å². The van der Waals surface area contributed by atoms with Crippen molar-refractivity contribution in [1.29, 1.82) is 0 Å². The van der Waals surface area contributed by atoms with Gasteiger partial charge in [0, 0.05) is 19.3 Å². The normalized spacial score (nSPS) is 16.1. The van der Waals surface area contributed by atoms with Crippen molar-refractivity contribution in [2.75, 3.05) is 25.6 Å². The van der Waals surface area contributed by atoms with Crippen LogP contribution in [0, 0.1) is 0 Å². The predicted octanol–water partition coefficient (Wildman–Crippen LogP) is 1.58. The molecule has 0 bridgehead atoms. The summed E-state index contributed by atoms with van der Waals surface area (Å²) in [5.41, 5.74) is 6.83. The van der Waals surface area contributed by atoms with E-state index < -0.39 is 0 Å². The van der Waals surface area contributed by atoms with Crippen LogP contribution in [0.4, 0.5) is 5.69 Å². The first kappa shape index (κ1) is 13.7. The van der Waals surface area contributed by atoms with E-state index in [1.807, 2.05) is 6.92 Å². The fourth-order valence-electron chi connectivity index (χ4n) is 2.14. The molecular weight excluding hydrogens is 244 g/mol. The van der Waals surface area contributed by atoms with Gasteiger partial charge in [-0.2, -0.15) is 0 Å². The number of nitrogen functional groups attached to an aromatic ring is 1. The molecule has 1 aliphatic heterocycles. The number of nitrogens with two attached hydrogens (primary N) is 1. The van der Waals surface area contributed by atoms with E-state index in [0.29, 0.717) is 36.8 Å². The summed E-state index contributed by atoms with van der Waals surface area (Å²) in [5, 5.41) is 3.01.